The summed E-state index contributed by atoms with van der Waals surface area (Å²) in [5, 5.41) is 0. The molecule has 0 N–H and O–H groups in total. The van der Waals surface area contributed by atoms with Crippen LogP contribution >= 0.6 is 0 Å². The van der Waals surface area contributed by atoms with Crippen LogP contribution in [0.5, 0.6) is 0 Å². The Morgan fingerprint density at radius 1 is 1.62 bits per heavy atom. The Morgan fingerprint density at radius 3 is 2.38 bits per heavy atom. The second-order valence-electron chi connectivity index (χ2n) is 1.00. The minimum absolute atomic E-state index is 0. The average molecular weight is 275 g/mol. The molecule has 0 saturated heterocycles. The smallest absolute Gasteiger partial charge is 1.00 e. The molecule has 1 aliphatic carbocycles. The summed E-state index contributed by atoms with van der Waals surface area (Å²) in [5.41, 5.74) is 0. The average Bonchev–Trinajstić information content (AvgIpc) is 2.23. The molecular weight excluding hydrogens is 263 g/mol. The van der Waals surface area contributed by atoms with E-state index in [1.54, 1.807) is 6.92 Å². The summed E-state index contributed by atoms with van der Waals surface area (Å²) in [5.74, 6) is 0. The molecule has 0 heterocycles. The molecule has 0 aromatic carbocycles. The van der Waals surface area contributed by atoms with Crippen molar-refractivity contribution in [3.05, 3.63) is 31.2 Å². The van der Waals surface area contributed by atoms with Crippen molar-refractivity contribution in [3.63, 3.8) is 0 Å². The van der Waals surface area contributed by atoms with Gasteiger partial charge in [-0.1, -0.05) is 0 Å². The summed E-state index contributed by atoms with van der Waals surface area (Å²) < 4.78 is 0. The summed E-state index contributed by atoms with van der Waals surface area (Å²) in [6.07, 6.45) is 10.0. The molecule has 44 valence electrons. The summed E-state index contributed by atoms with van der Waals surface area (Å²) in [6, 6.07) is 0. The molecule has 0 aromatic rings. The van der Waals surface area contributed by atoms with E-state index in [2.05, 4.69) is 19.1 Å². The third kappa shape index (κ3) is 6.35. The second kappa shape index (κ2) is 10.4. The molecule has 0 aromatic heterocycles. The maximum Gasteiger partial charge on any atom is 4.00 e. The van der Waals surface area contributed by atoms with Gasteiger partial charge in [0.1, 0.15) is 0 Å². The maximum absolute atomic E-state index is 3.25. The maximum atomic E-state index is 3.25. The van der Waals surface area contributed by atoms with Crippen molar-refractivity contribution in [1.82, 2.24) is 0 Å². The zero-order chi connectivity index (χ0) is 5.54. The Bertz CT molecular complexity index is 69.7. The molecule has 0 saturated carbocycles. The van der Waals surface area contributed by atoms with E-state index < -0.39 is 0 Å². The molecule has 1 aliphatic rings. The number of rotatable bonds is 0. The van der Waals surface area contributed by atoms with Gasteiger partial charge in [-0.15, -0.1) is 6.42 Å². The zero-order valence-corrected chi connectivity index (χ0v) is 8.74. The molecule has 8 heavy (non-hydrogen) atoms. The Balaban J connectivity index is -0.0000000337. The van der Waals surface area contributed by atoms with Crippen LogP contribution in [-0.4, -0.2) is 0 Å². The van der Waals surface area contributed by atoms with E-state index >= 15 is 0 Å². The van der Waals surface area contributed by atoms with Gasteiger partial charge in [-0.25, -0.2) is 12.2 Å². The Kier molecular flexibility index (Phi) is 14.5. The topological polar surface area (TPSA) is 0 Å². The monoisotopic (exact) mass is 276 g/mol. The van der Waals surface area contributed by atoms with Crippen LogP contribution in [0.15, 0.2) is 18.2 Å². The summed E-state index contributed by atoms with van der Waals surface area (Å²) >= 11 is 0. The van der Waals surface area contributed by atoms with Crippen LogP contribution in [-0.2, 0) is 25.8 Å². The fourth-order valence-corrected chi connectivity index (χ4v) is 0.340. The molecular formula is C7H12Hf. The van der Waals surface area contributed by atoms with E-state index in [-0.39, 0.29) is 28.7 Å². The predicted octanol–water partition coefficient (Wildman–Crippen LogP) is 2.37. The van der Waals surface area contributed by atoms with Crippen molar-refractivity contribution in [2.45, 2.75) is 13.3 Å². The van der Waals surface area contributed by atoms with E-state index in [9.17, 15) is 0 Å². The van der Waals surface area contributed by atoms with Crippen molar-refractivity contribution in [1.29, 1.82) is 0 Å². The van der Waals surface area contributed by atoms with Crippen molar-refractivity contribution in [2.24, 2.45) is 0 Å². The van der Waals surface area contributed by atoms with Crippen molar-refractivity contribution < 1.29 is 28.7 Å². The Hall–Kier alpha value is 0.350. The largest absolute Gasteiger partial charge is 4.00 e. The van der Waals surface area contributed by atoms with E-state index in [1.165, 1.54) is 0 Å². The van der Waals surface area contributed by atoms with Crippen LogP contribution < -0.4 is 0 Å². The van der Waals surface area contributed by atoms with Crippen LogP contribution in [0.4, 0.5) is 0 Å². The molecule has 0 nitrogen and oxygen atoms in total. The molecule has 0 unspecified atom stereocenters. The molecule has 0 fully saturated rings. The minimum Gasteiger partial charge on any atom is -1.00 e. The van der Waals surface area contributed by atoms with Gasteiger partial charge in [0, 0.05) is 0 Å². The van der Waals surface area contributed by atoms with Gasteiger partial charge in [-0.2, -0.15) is 13.0 Å². The van der Waals surface area contributed by atoms with E-state index in [4.69, 9.17) is 0 Å². The third-order valence-corrected chi connectivity index (χ3v) is 0.586. The summed E-state index contributed by atoms with van der Waals surface area (Å²) in [7, 11) is 0. The van der Waals surface area contributed by atoms with E-state index in [1.807, 2.05) is 12.2 Å². The molecule has 1 rings (SSSR count). The fourth-order valence-electron chi connectivity index (χ4n) is 0.340. The van der Waals surface area contributed by atoms with Crippen LogP contribution in [0, 0.1) is 13.0 Å². The molecule has 0 radical (unpaired) electrons. The number of allylic oxidation sites excluding steroid dienone is 4. The fraction of sp³-hybridized carbons (Fsp3) is 0.286. The first-order valence-corrected chi connectivity index (χ1v) is 2.42. The zero-order valence-electron chi connectivity index (χ0n) is 7.15. The first-order chi connectivity index (χ1) is 3.50. The summed E-state index contributed by atoms with van der Waals surface area (Å²) in [4.78, 5) is 0. The van der Waals surface area contributed by atoms with Crippen molar-refractivity contribution in [2.75, 3.05) is 0 Å². The molecule has 0 bridgehead atoms. The van der Waals surface area contributed by atoms with Crippen LogP contribution in [0.25, 0.3) is 0 Å². The molecule has 0 amide bonds. The molecule has 0 spiro atoms. The van der Waals surface area contributed by atoms with Gasteiger partial charge in [0.15, 0.2) is 0 Å². The minimum atomic E-state index is 0. The third-order valence-electron chi connectivity index (χ3n) is 0.586. The van der Waals surface area contributed by atoms with Gasteiger partial charge < -0.3 is 9.78 Å². The first kappa shape index (κ1) is 11.2. The van der Waals surface area contributed by atoms with Gasteiger partial charge in [0.25, 0.3) is 0 Å². The SMILES string of the molecule is [C-]1=CC=CC1.[CH2-]C.[H-].[H-].[Hf+4]. The predicted molar refractivity (Wildman–Crippen MR) is 34.8 cm³/mol. The first-order valence-electron chi connectivity index (χ1n) is 2.42. The van der Waals surface area contributed by atoms with Gasteiger partial charge in [-0.3, -0.25) is 6.08 Å². The Labute approximate surface area is 73.4 Å². The van der Waals surface area contributed by atoms with Gasteiger partial charge in [0.2, 0.25) is 0 Å². The van der Waals surface area contributed by atoms with Gasteiger partial charge >= 0.3 is 25.8 Å². The molecule has 1 heteroatoms. The van der Waals surface area contributed by atoms with Crippen LogP contribution in [0.1, 0.15) is 16.2 Å². The summed E-state index contributed by atoms with van der Waals surface area (Å²) in [6.45, 7) is 5.00. The number of hydrogen-bond donors (Lipinski definition) is 0. The molecule has 0 atom stereocenters. The van der Waals surface area contributed by atoms with Crippen molar-refractivity contribution in [3.8, 4) is 0 Å². The van der Waals surface area contributed by atoms with Crippen LogP contribution in [0.2, 0.25) is 0 Å². The second-order valence-corrected chi connectivity index (χ2v) is 1.00. The van der Waals surface area contributed by atoms with E-state index in [0.29, 0.717) is 0 Å². The van der Waals surface area contributed by atoms with Gasteiger partial charge in [0.05, 0.1) is 0 Å². The quantitative estimate of drug-likeness (QED) is 0.470. The van der Waals surface area contributed by atoms with E-state index in [0.717, 1.165) is 6.42 Å². The van der Waals surface area contributed by atoms with Gasteiger partial charge in [-0.05, 0) is 0 Å². The molecule has 0 aliphatic heterocycles. The number of hydrogen-bond acceptors (Lipinski definition) is 0. The normalized spacial score (nSPS) is 11.8. The Morgan fingerprint density at radius 2 is 2.25 bits per heavy atom. The van der Waals surface area contributed by atoms with Crippen LogP contribution in [0.3, 0.4) is 0 Å². The standard InChI is InChI=1S/C5H5.C2H5.Hf.2H/c1-2-4-5-3-1;1-2;;;/h1-3H,4H2;1H2,2H3;;;/q2*-1;+4;2*-1. The van der Waals surface area contributed by atoms with Crippen molar-refractivity contribution >= 4 is 0 Å².